The Hall–Kier alpha value is -3.02. The smallest absolute Gasteiger partial charge is 0.254 e. The summed E-state index contributed by atoms with van der Waals surface area (Å²) in [5.74, 6) is 0.828. The van der Waals surface area contributed by atoms with E-state index in [9.17, 15) is 9.18 Å². The fraction of sp³-hybridized carbons (Fsp3) is 0.318. The maximum Gasteiger partial charge on any atom is 0.254 e. The van der Waals surface area contributed by atoms with Crippen LogP contribution >= 0.6 is 0 Å². The van der Waals surface area contributed by atoms with Crippen molar-refractivity contribution < 1.29 is 18.7 Å². The summed E-state index contributed by atoms with van der Waals surface area (Å²) in [7, 11) is 3.13. The van der Waals surface area contributed by atoms with Crippen molar-refractivity contribution in [2.45, 2.75) is 6.42 Å². The number of carbonyl (C=O) groups is 1. The summed E-state index contributed by atoms with van der Waals surface area (Å²) in [5.41, 5.74) is 1.98. The van der Waals surface area contributed by atoms with Crippen molar-refractivity contribution >= 4 is 11.6 Å². The van der Waals surface area contributed by atoms with E-state index in [0.29, 0.717) is 55.3 Å². The van der Waals surface area contributed by atoms with E-state index in [-0.39, 0.29) is 11.7 Å². The van der Waals surface area contributed by atoms with E-state index in [1.165, 1.54) is 6.07 Å². The molecule has 148 valence electrons. The molecular weight excluding hydrogens is 359 g/mol. The lowest BCUT2D eigenvalue weighted by Crippen LogP contribution is -2.49. The number of carbonyl (C=O) groups excluding carboxylic acids is 1. The van der Waals surface area contributed by atoms with Gasteiger partial charge in [-0.3, -0.25) is 4.79 Å². The number of nitrogens with zero attached hydrogens (tertiary/aromatic N) is 2. The van der Waals surface area contributed by atoms with Crippen LogP contribution in [-0.4, -0.2) is 51.2 Å². The van der Waals surface area contributed by atoms with Crippen LogP contribution in [0.4, 0.5) is 10.1 Å². The summed E-state index contributed by atoms with van der Waals surface area (Å²) in [6.45, 7) is 5.99. The van der Waals surface area contributed by atoms with Gasteiger partial charge < -0.3 is 19.3 Å². The third-order valence-electron chi connectivity index (χ3n) is 4.93. The van der Waals surface area contributed by atoms with Crippen LogP contribution in [0.1, 0.15) is 15.9 Å². The van der Waals surface area contributed by atoms with Crippen molar-refractivity contribution in [3.8, 4) is 11.5 Å². The van der Waals surface area contributed by atoms with Crippen molar-refractivity contribution in [3.05, 3.63) is 66.0 Å². The number of halogens is 1. The van der Waals surface area contributed by atoms with E-state index >= 15 is 0 Å². The molecule has 1 heterocycles. The Labute approximate surface area is 165 Å². The number of allylic oxidation sites excluding steroid dienone is 1. The first kappa shape index (κ1) is 19.7. The molecule has 0 bridgehead atoms. The van der Waals surface area contributed by atoms with Gasteiger partial charge in [0.2, 0.25) is 0 Å². The van der Waals surface area contributed by atoms with Gasteiger partial charge in [0.15, 0.2) is 11.5 Å². The highest BCUT2D eigenvalue weighted by atomic mass is 19.1. The van der Waals surface area contributed by atoms with Crippen LogP contribution in [0, 0.1) is 5.82 Å². The lowest BCUT2D eigenvalue weighted by atomic mass is 10.0. The van der Waals surface area contributed by atoms with Gasteiger partial charge in [-0.15, -0.1) is 6.58 Å². The van der Waals surface area contributed by atoms with Crippen LogP contribution in [0.15, 0.2) is 49.1 Å². The molecule has 6 heteroatoms. The molecule has 0 aliphatic carbocycles. The highest BCUT2D eigenvalue weighted by Gasteiger charge is 2.25. The second-order valence-corrected chi connectivity index (χ2v) is 6.59. The minimum Gasteiger partial charge on any atom is -0.493 e. The summed E-state index contributed by atoms with van der Waals surface area (Å²) in [4.78, 5) is 16.8. The van der Waals surface area contributed by atoms with Crippen LogP contribution in [0.5, 0.6) is 11.5 Å². The number of hydrogen-bond acceptors (Lipinski definition) is 4. The molecule has 1 aliphatic rings. The number of ether oxygens (including phenoxy) is 2. The molecule has 1 fully saturated rings. The first-order valence-corrected chi connectivity index (χ1v) is 9.23. The van der Waals surface area contributed by atoms with Gasteiger partial charge in [0, 0.05) is 37.3 Å². The predicted molar refractivity (Wildman–Crippen MR) is 108 cm³/mol. The van der Waals surface area contributed by atoms with E-state index < -0.39 is 0 Å². The number of piperazine rings is 1. The Morgan fingerprint density at radius 3 is 2.46 bits per heavy atom. The van der Waals surface area contributed by atoms with Crippen LogP contribution in [0.25, 0.3) is 0 Å². The number of methoxy groups -OCH3 is 2. The van der Waals surface area contributed by atoms with E-state index in [0.717, 1.165) is 5.56 Å². The van der Waals surface area contributed by atoms with Crippen LogP contribution in [0.2, 0.25) is 0 Å². The molecule has 2 aromatic rings. The van der Waals surface area contributed by atoms with Gasteiger partial charge in [-0.05, 0) is 30.7 Å². The van der Waals surface area contributed by atoms with E-state index in [4.69, 9.17) is 9.47 Å². The van der Waals surface area contributed by atoms with Crippen molar-refractivity contribution in [3.63, 3.8) is 0 Å². The molecule has 0 N–H and O–H groups in total. The summed E-state index contributed by atoms with van der Waals surface area (Å²) in [6.07, 6.45) is 2.33. The van der Waals surface area contributed by atoms with E-state index in [2.05, 4.69) is 6.58 Å². The minimum atomic E-state index is -0.240. The van der Waals surface area contributed by atoms with E-state index in [1.807, 2.05) is 17.0 Å². The lowest BCUT2D eigenvalue weighted by Gasteiger charge is -2.36. The highest BCUT2D eigenvalue weighted by Crippen LogP contribution is 2.33. The topological polar surface area (TPSA) is 42.0 Å². The molecule has 28 heavy (non-hydrogen) atoms. The zero-order valence-corrected chi connectivity index (χ0v) is 16.3. The van der Waals surface area contributed by atoms with Gasteiger partial charge in [-0.1, -0.05) is 18.2 Å². The Kier molecular flexibility index (Phi) is 6.19. The van der Waals surface area contributed by atoms with Crippen LogP contribution in [0.3, 0.4) is 0 Å². The van der Waals surface area contributed by atoms with Crippen molar-refractivity contribution in [2.24, 2.45) is 0 Å². The number of amides is 1. The number of hydrogen-bond donors (Lipinski definition) is 0. The normalized spacial score (nSPS) is 14.0. The molecule has 0 aromatic heterocycles. The van der Waals surface area contributed by atoms with Gasteiger partial charge in [0.1, 0.15) is 5.82 Å². The van der Waals surface area contributed by atoms with Gasteiger partial charge in [0.25, 0.3) is 5.91 Å². The fourth-order valence-electron chi connectivity index (χ4n) is 3.52. The average molecular weight is 384 g/mol. The standard InChI is InChI=1S/C22H25FN2O3/c1-4-7-16-14-17(15-20(27-2)21(16)28-3)22(26)25-12-10-24(11-13-25)19-9-6-5-8-18(19)23/h4-6,8-9,14-15H,1,7,10-13H2,2-3H3. The maximum atomic E-state index is 14.0. The first-order chi connectivity index (χ1) is 13.6. The highest BCUT2D eigenvalue weighted by molar-refractivity contribution is 5.95. The quantitative estimate of drug-likeness (QED) is 0.715. The third-order valence-corrected chi connectivity index (χ3v) is 4.93. The monoisotopic (exact) mass is 384 g/mol. The van der Waals surface area contributed by atoms with Gasteiger partial charge in [-0.25, -0.2) is 4.39 Å². The average Bonchev–Trinajstić information content (AvgIpc) is 2.73. The Balaban J connectivity index is 1.77. The molecule has 1 aliphatic heterocycles. The summed E-state index contributed by atoms with van der Waals surface area (Å²) < 4.78 is 24.9. The van der Waals surface area contributed by atoms with Crippen LogP contribution in [-0.2, 0) is 6.42 Å². The van der Waals surface area contributed by atoms with Crippen LogP contribution < -0.4 is 14.4 Å². The summed E-state index contributed by atoms with van der Waals surface area (Å²) in [6, 6.07) is 10.3. The molecule has 3 rings (SSSR count). The second kappa shape index (κ2) is 8.78. The molecule has 2 aromatic carbocycles. The maximum absolute atomic E-state index is 14.0. The fourth-order valence-corrected chi connectivity index (χ4v) is 3.52. The predicted octanol–water partition coefficient (Wildman–Crippen LogP) is 3.53. The third kappa shape index (κ3) is 3.96. The van der Waals surface area contributed by atoms with Gasteiger partial charge in [0.05, 0.1) is 19.9 Å². The molecule has 0 unspecified atom stereocenters. The Morgan fingerprint density at radius 2 is 1.86 bits per heavy atom. The number of benzene rings is 2. The minimum absolute atomic E-state index is 0.0700. The molecule has 1 saturated heterocycles. The second-order valence-electron chi connectivity index (χ2n) is 6.59. The Bertz CT molecular complexity index is 861. The molecule has 0 radical (unpaired) electrons. The zero-order valence-electron chi connectivity index (χ0n) is 16.3. The summed E-state index contributed by atoms with van der Waals surface area (Å²) in [5, 5.41) is 0. The van der Waals surface area contributed by atoms with Crippen molar-refractivity contribution in [2.75, 3.05) is 45.3 Å². The zero-order chi connectivity index (χ0) is 20.1. The van der Waals surface area contributed by atoms with Crippen molar-refractivity contribution in [1.29, 1.82) is 0 Å². The van der Waals surface area contributed by atoms with Gasteiger partial charge >= 0.3 is 0 Å². The Morgan fingerprint density at radius 1 is 1.14 bits per heavy atom. The number of para-hydroxylation sites is 1. The van der Waals surface area contributed by atoms with Gasteiger partial charge in [-0.2, -0.15) is 0 Å². The number of rotatable bonds is 6. The van der Waals surface area contributed by atoms with E-state index in [1.54, 1.807) is 43.4 Å². The molecular formula is C22H25FN2O3. The number of anilines is 1. The summed E-state index contributed by atoms with van der Waals surface area (Å²) >= 11 is 0. The molecule has 1 amide bonds. The molecule has 5 nitrogen and oxygen atoms in total. The largest absolute Gasteiger partial charge is 0.493 e. The molecule has 0 atom stereocenters. The SMILES string of the molecule is C=CCc1cc(C(=O)N2CCN(c3ccccc3F)CC2)cc(OC)c1OC. The molecule has 0 spiro atoms. The first-order valence-electron chi connectivity index (χ1n) is 9.23. The molecule has 0 saturated carbocycles. The van der Waals surface area contributed by atoms with Crippen molar-refractivity contribution in [1.82, 2.24) is 4.90 Å². The lowest BCUT2D eigenvalue weighted by molar-refractivity contribution is 0.0746.